The number of benzene rings is 1. The third-order valence-electron chi connectivity index (χ3n) is 6.41. The fraction of sp³-hybridized carbons (Fsp3) is 0.522. The van der Waals surface area contributed by atoms with Gasteiger partial charge in [-0.25, -0.2) is 4.98 Å². The van der Waals surface area contributed by atoms with Crippen LogP contribution in [-0.2, 0) is 13.6 Å². The topological polar surface area (TPSA) is 35.2 Å². The molecule has 3 heterocycles. The van der Waals surface area contributed by atoms with E-state index in [1.54, 1.807) is 0 Å². The molecule has 0 radical (unpaired) electrons. The summed E-state index contributed by atoms with van der Waals surface area (Å²) in [5.41, 5.74) is 2.48. The van der Waals surface area contributed by atoms with Crippen molar-refractivity contribution in [3.8, 4) is 5.75 Å². The number of rotatable bonds is 5. The monoisotopic (exact) mass is 378 g/mol. The minimum Gasteiger partial charge on any atom is -0.490 e. The van der Waals surface area contributed by atoms with Gasteiger partial charge in [-0.2, -0.15) is 0 Å². The summed E-state index contributed by atoms with van der Waals surface area (Å²) in [6, 6.07) is 9.46. The zero-order chi connectivity index (χ0) is 18.9. The van der Waals surface area contributed by atoms with Crippen molar-refractivity contribution in [2.75, 3.05) is 13.1 Å². The van der Waals surface area contributed by atoms with Crippen LogP contribution in [0.3, 0.4) is 0 Å². The quantitative estimate of drug-likeness (QED) is 0.654. The molecule has 0 amide bonds. The molecule has 0 unspecified atom stereocenters. The molecule has 5 nitrogen and oxygen atoms in total. The maximum absolute atomic E-state index is 6.49. The molecule has 5 heteroatoms. The number of nitrogens with zero attached hydrogens (tertiary/aromatic N) is 4. The summed E-state index contributed by atoms with van der Waals surface area (Å²) in [4.78, 5) is 6.94. The van der Waals surface area contributed by atoms with Gasteiger partial charge in [-0.05, 0) is 43.9 Å². The number of hydrogen-bond donors (Lipinski definition) is 0. The second kappa shape index (κ2) is 7.63. The van der Waals surface area contributed by atoms with E-state index in [0.29, 0.717) is 12.1 Å². The Hall–Kier alpha value is -2.27. The van der Waals surface area contributed by atoms with Crippen LogP contribution in [0.2, 0.25) is 0 Å². The lowest BCUT2D eigenvalue weighted by Gasteiger charge is -2.31. The summed E-state index contributed by atoms with van der Waals surface area (Å²) >= 11 is 0. The average molecular weight is 379 g/mol. The van der Waals surface area contributed by atoms with E-state index < -0.39 is 0 Å². The smallest absolute Gasteiger partial charge is 0.129 e. The van der Waals surface area contributed by atoms with Crippen LogP contribution in [-0.4, -0.2) is 38.2 Å². The largest absolute Gasteiger partial charge is 0.490 e. The molecule has 0 spiro atoms. The number of aryl methyl sites for hydroxylation is 1. The van der Waals surface area contributed by atoms with Crippen molar-refractivity contribution in [1.82, 2.24) is 19.0 Å². The predicted octanol–water partition coefficient (Wildman–Crippen LogP) is 4.53. The van der Waals surface area contributed by atoms with Gasteiger partial charge in [-0.3, -0.25) is 4.90 Å². The van der Waals surface area contributed by atoms with Gasteiger partial charge >= 0.3 is 0 Å². The molecular formula is C23H30N4O. The van der Waals surface area contributed by atoms with Gasteiger partial charge in [0.2, 0.25) is 0 Å². The number of aromatic nitrogens is 3. The van der Waals surface area contributed by atoms with Crippen LogP contribution >= 0.6 is 0 Å². The average Bonchev–Trinajstić information content (AvgIpc) is 3.44. The summed E-state index contributed by atoms with van der Waals surface area (Å²) < 4.78 is 11.0. The summed E-state index contributed by atoms with van der Waals surface area (Å²) in [6.07, 6.45) is 14.0. The third kappa shape index (κ3) is 3.55. The van der Waals surface area contributed by atoms with Gasteiger partial charge < -0.3 is 13.9 Å². The Morgan fingerprint density at radius 3 is 2.64 bits per heavy atom. The highest BCUT2D eigenvalue weighted by molar-refractivity contribution is 5.86. The number of piperidine rings is 1. The Balaban J connectivity index is 1.24. The second-order valence-electron chi connectivity index (χ2n) is 8.47. The van der Waals surface area contributed by atoms with Crippen LogP contribution in [0, 0.1) is 0 Å². The van der Waals surface area contributed by atoms with E-state index in [9.17, 15) is 0 Å². The fourth-order valence-corrected chi connectivity index (χ4v) is 4.91. The molecule has 1 aromatic carbocycles. The Morgan fingerprint density at radius 1 is 1.07 bits per heavy atom. The minimum absolute atomic E-state index is 0.306. The van der Waals surface area contributed by atoms with Crippen molar-refractivity contribution in [3.05, 3.63) is 48.7 Å². The first-order chi connectivity index (χ1) is 13.8. The lowest BCUT2D eigenvalue weighted by atomic mass is 10.1. The number of fused-ring (bicyclic) bond motifs is 1. The molecule has 1 aliphatic heterocycles. The summed E-state index contributed by atoms with van der Waals surface area (Å²) in [5.74, 6) is 1.05. The van der Waals surface area contributed by atoms with Crippen LogP contribution < -0.4 is 4.74 Å². The van der Waals surface area contributed by atoms with Gasteiger partial charge in [0.1, 0.15) is 11.9 Å². The van der Waals surface area contributed by atoms with E-state index in [1.807, 2.05) is 17.9 Å². The van der Waals surface area contributed by atoms with Gasteiger partial charge in [0.25, 0.3) is 0 Å². The van der Waals surface area contributed by atoms with E-state index in [4.69, 9.17) is 4.74 Å². The van der Waals surface area contributed by atoms with Crippen molar-refractivity contribution >= 4 is 10.9 Å². The van der Waals surface area contributed by atoms with Crippen LogP contribution in [0.15, 0.2) is 43.0 Å². The number of likely N-dealkylation sites (tertiary alicyclic amines) is 1. The second-order valence-corrected chi connectivity index (χ2v) is 8.47. The van der Waals surface area contributed by atoms with Crippen molar-refractivity contribution in [1.29, 1.82) is 0 Å². The van der Waals surface area contributed by atoms with Crippen molar-refractivity contribution in [2.24, 2.45) is 7.05 Å². The number of hydrogen-bond acceptors (Lipinski definition) is 3. The highest BCUT2D eigenvalue weighted by atomic mass is 16.5. The highest BCUT2D eigenvalue weighted by Crippen LogP contribution is 2.36. The Kier molecular flexibility index (Phi) is 4.85. The lowest BCUT2D eigenvalue weighted by molar-refractivity contribution is 0.0973. The van der Waals surface area contributed by atoms with E-state index in [0.717, 1.165) is 43.9 Å². The van der Waals surface area contributed by atoms with Crippen molar-refractivity contribution in [3.63, 3.8) is 0 Å². The molecule has 2 aliphatic rings. The van der Waals surface area contributed by atoms with E-state index in [-0.39, 0.29) is 0 Å². The minimum atomic E-state index is 0.306. The standard InChI is InChI=1S/C23H30N4O/c1-25-15-18(24-17-25)16-26-12-9-20(10-13-26)28-23-8-4-7-22-21(23)11-14-27(22)19-5-2-3-6-19/h4,7-8,11,14-15,17,19-20H,2-3,5-6,9-10,12-13,16H2,1H3. The summed E-state index contributed by atoms with van der Waals surface area (Å²) in [5, 5.41) is 1.27. The normalized spacial score (nSPS) is 19.6. The van der Waals surface area contributed by atoms with E-state index >= 15 is 0 Å². The van der Waals surface area contributed by atoms with Gasteiger partial charge in [-0.1, -0.05) is 18.9 Å². The molecule has 2 fully saturated rings. The van der Waals surface area contributed by atoms with E-state index in [2.05, 4.69) is 51.1 Å². The Bertz CT molecular complexity index is 929. The highest BCUT2D eigenvalue weighted by Gasteiger charge is 2.23. The van der Waals surface area contributed by atoms with Gasteiger partial charge in [-0.15, -0.1) is 0 Å². The van der Waals surface area contributed by atoms with Crippen molar-refractivity contribution in [2.45, 2.75) is 57.2 Å². The number of imidazole rings is 1. The molecular weight excluding hydrogens is 348 g/mol. The van der Waals surface area contributed by atoms with Crippen LogP contribution in [0.25, 0.3) is 10.9 Å². The molecule has 28 heavy (non-hydrogen) atoms. The maximum Gasteiger partial charge on any atom is 0.129 e. The number of ether oxygens (including phenoxy) is 1. The van der Waals surface area contributed by atoms with E-state index in [1.165, 1.54) is 36.6 Å². The van der Waals surface area contributed by atoms with Gasteiger partial charge in [0.15, 0.2) is 0 Å². The molecule has 0 N–H and O–H groups in total. The van der Waals surface area contributed by atoms with Crippen molar-refractivity contribution < 1.29 is 4.74 Å². The molecule has 3 aromatic rings. The first-order valence-electron chi connectivity index (χ1n) is 10.7. The first-order valence-corrected chi connectivity index (χ1v) is 10.7. The van der Waals surface area contributed by atoms with Crippen LogP contribution in [0.1, 0.15) is 50.3 Å². The van der Waals surface area contributed by atoms with Gasteiger partial charge in [0.05, 0.1) is 17.5 Å². The summed E-state index contributed by atoms with van der Waals surface area (Å²) in [6.45, 7) is 3.08. The Morgan fingerprint density at radius 2 is 1.89 bits per heavy atom. The SMILES string of the molecule is Cn1cnc(CN2CCC(Oc3cccc4c3ccn4C3CCCC3)CC2)c1. The molecule has 1 saturated heterocycles. The van der Waals surface area contributed by atoms with Crippen LogP contribution in [0.4, 0.5) is 0 Å². The lowest BCUT2D eigenvalue weighted by Crippen LogP contribution is -2.37. The zero-order valence-corrected chi connectivity index (χ0v) is 16.8. The molecule has 5 rings (SSSR count). The zero-order valence-electron chi connectivity index (χ0n) is 16.8. The molecule has 2 aromatic heterocycles. The first kappa shape index (κ1) is 17.8. The predicted molar refractivity (Wildman–Crippen MR) is 112 cm³/mol. The fourth-order valence-electron chi connectivity index (χ4n) is 4.91. The molecule has 0 atom stereocenters. The maximum atomic E-state index is 6.49. The molecule has 0 bridgehead atoms. The summed E-state index contributed by atoms with van der Waals surface area (Å²) in [7, 11) is 2.02. The third-order valence-corrected chi connectivity index (χ3v) is 6.41. The van der Waals surface area contributed by atoms with Gasteiger partial charge in [0, 0.05) is 50.5 Å². The molecule has 148 valence electrons. The van der Waals surface area contributed by atoms with Crippen LogP contribution in [0.5, 0.6) is 5.75 Å². The molecule has 1 aliphatic carbocycles. The Labute approximate surface area is 166 Å². The molecule has 1 saturated carbocycles.